The van der Waals surface area contributed by atoms with Crippen LogP contribution in [0.15, 0.2) is 42.6 Å². The lowest BCUT2D eigenvalue weighted by molar-refractivity contribution is 0.103. The number of anilines is 1. The molecule has 1 amide bonds. The third kappa shape index (κ3) is 3.66. The summed E-state index contributed by atoms with van der Waals surface area (Å²) >= 11 is 1.44. The molecule has 2 heterocycles. The minimum absolute atomic E-state index is 0.104. The van der Waals surface area contributed by atoms with Crippen LogP contribution in [0.3, 0.4) is 0 Å². The molecule has 0 aliphatic rings. The molecule has 3 rings (SSSR count). The zero-order chi connectivity index (χ0) is 18.0. The van der Waals surface area contributed by atoms with E-state index in [4.69, 9.17) is 0 Å². The maximum absolute atomic E-state index is 12.6. The average Bonchev–Trinajstić information content (AvgIpc) is 3.21. The van der Waals surface area contributed by atoms with E-state index in [0.717, 1.165) is 28.6 Å². The number of aromatic nitrogens is 2. The number of nitrogens with zero attached hydrogens (tertiary/aromatic N) is 2. The van der Waals surface area contributed by atoms with Gasteiger partial charge in [-0.15, -0.1) is 11.3 Å². The van der Waals surface area contributed by atoms with E-state index in [2.05, 4.69) is 47.8 Å². The van der Waals surface area contributed by atoms with E-state index in [-0.39, 0.29) is 5.91 Å². The molecule has 0 bridgehead atoms. The first-order chi connectivity index (χ1) is 12.0. The van der Waals surface area contributed by atoms with E-state index in [1.165, 1.54) is 16.9 Å². The van der Waals surface area contributed by atoms with Crippen LogP contribution in [0.2, 0.25) is 0 Å². The summed E-state index contributed by atoms with van der Waals surface area (Å²) in [6.45, 7) is 9.17. The van der Waals surface area contributed by atoms with Crippen molar-refractivity contribution in [1.29, 1.82) is 0 Å². The highest BCUT2D eigenvalue weighted by Crippen LogP contribution is 2.29. The molecule has 0 unspecified atom stereocenters. The van der Waals surface area contributed by atoms with Crippen molar-refractivity contribution in [3.05, 3.63) is 58.7 Å². The van der Waals surface area contributed by atoms with Gasteiger partial charge in [-0.3, -0.25) is 4.79 Å². The molecule has 0 spiro atoms. The second-order valence-corrected chi connectivity index (χ2v) is 7.34. The van der Waals surface area contributed by atoms with Crippen LogP contribution in [0.5, 0.6) is 0 Å². The zero-order valence-electron chi connectivity index (χ0n) is 15.0. The largest absolute Gasteiger partial charge is 0.346 e. The van der Waals surface area contributed by atoms with Crippen molar-refractivity contribution in [2.75, 3.05) is 5.32 Å². The number of hydrogen-bond acceptors (Lipinski definition) is 3. The lowest BCUT2D eigenvalue weighted by Gasteiger charge is -2.08. The molecule has 0 saturated carbocycles. The van der Waals surface area contributed by atoms with Gasteiger partial charge in [-0.25, -0.2) is 4.98 Å². The van der Waals surface area contributed by atoms with Crippen LogP contribution in [0.1, 0.15) is 47.6 Å². The molecule has 25 heavy (non-hydrogen) atoms. The van der Waals surface area contributed by atoms with Crippen molar-refractivity contribution < 1.29 is 4.79 Å². The molecule has 0 radical (unpaired) electrons. The van der Waals surface area contributed by atoms with Crippen molar-refractivity contribution in [3.63, 3.8) is 0 Å². The molecule has 130 valence electrons. The fourth-order valence-corrected chi connectivity index (χ4v) is 3.74. The Labute approximate surface area is 152 Å². The van der Waals surface area contributed by atoms with E-state index < -0.39 is 0 Å². The highest BCUT2D eigenvalue weighted by molar-refractivity contribution is 7.17. The number of rotatable bonds is 5. The Morgan fingerprint density at radius 3 is 2.60 bits per heavy atom. The molecule has 0 saturated heterocycles. The molecule has 4 nitrogen and oxygen atoms in total. The van der Waals surface area contributed by atoms with E-state index >= 15 is 0 Å². The van der Waals surface area contributed by atoms with Gasteiger partial charge in [0.15, 0.2) is 0 Å². The molecule has 5 heteroatoms. The Kier molecular flexibility index (Phi) is 5.04. The molecule has 0 fully saturated rings. The molecule has 0 aliphatic heterocycles. The first-order valence-corrected chi connectivity index (χ1v) is 9.35. The van der Waals surface area contributed by atoms with Crippen molar-refractivity contribution in [2.45, 2.75) is 40.2 Å². The molecule has 0 aliphatic carbocycles. The summed E-state index contributed by atoms with van der Waals surface area (Å²) in [5, 5.41) is 3.86. The first-order valence-electron chi connectivity index (χ1n) is 8.53. The van der Waals surface area contributed by atoms with E-state index in [1.54, 1.807) is 0 Å². The smallest absolute Gasteiger partial charge is 0.267 e. The fraction of sp³-hybridized carbons (Fsp3) is 0.300. The quantitative estimate of drug-likeness (QED) is 0.675. The number of nitrogens with one attached hydrogen (secondary N) is 1. The fourth-order valence-electron chi connectivity index (χ4n) is 2.74. The van der Waals surface area contributed by atoms with Gasteiger partial charge in [-0.2, -0.15) is 0 Å². The minimum Gasteiger partial charge on any atom is -0.346 e. The normalized spacial score (nSPS) is 11.1. The Bertz CT molecular complexity index is 875. The first kappa shape index (κ1) is 17.4. The van der Waals surface area contributed by atoms with Crippen molar-refractivity contribution >= 4 is 22.9 Å². The second-order valence-electron chi connectivity index (χ2n) is 6.34. The summed E-state index contributed by atoms with van der Waals surface area (Å²) in [5.41, 5.74) is 3.88. The third-order valence-electron chi connectivity index (χ3n) is 4.23. The number of carbonyl (C=O) groups is 1. The van der Waals surface area contributed by atoms with Gasteiger partial charge in [0.25, 0.3) is 5.91 Å². The third-order valence-corrected chi connectivity index (χ3v) is 5.41. The van der Waals surface area contributed by atoms with Crippen LogP contribution < -0.4 is 5.32 Å². The molecule has 1 N–H and O–H groups in total. The Hall–Kier alpha value is -2.40. The average molecular weight is 353 g/mol. The second kappa shape index (κ2) is 7.23. The van der Waals surface area contributed by atoms with Crippen molar-refractivity contribution in [1.82, 2.24) is 9.55 Å². The summed E-state index contributed by atoms with van der Waals surface area (Å²) in [6, 6.07) is 12.1. The van der Waals surface area contributed by atoms with E-state index in [0.29, 0.717) is 10.8 Å². The van der Waals surface area contributed by atoms with Crippen molar-refractivity contribution in [3.8, 4) is 10.7 Å². The maximum atomic E-state index is 12.6. The van der Waals surface area contributed by atoms with E-state index in [9.17, 15) is 4.79 Å². The zero-order valence-corrected chi connectivity index (χ0v) is 15.9. The van der Waals surface area contributed by atoms with Gasteiger partial charge in [-0.1, -0.05) is 26.0 Å². The number of hydrogen-bond donors (Lipinski definition) is 1. The van der Waals surface area contributed by atoms with Crippen LogP contribution >= 0.6 is 11.3 Å². The van der Waals surface area contributed by atoms with Gasteiger partial charge in [0.1, 0.15) is 9.88 Å². The highest BCUT2D eigenvalue weighted by atomic mass is 32.1. The predicted molar refractivity (Wildman–Crippen MR) is 104 cm³/mol. The van der Waals surface area contributed by atoms with Gasteiger partial charge >= 0.3 is 0 Å². The minimum atomic E-state index is -0.104. The van der Waals surface area contributed by atoms with Crippen LogP contribution in [-0.4, -0.2) is 15.5 Å². The summed E-state index contributed by atoms with van der Waals surface area (Å²) in [7, 11) is 0. The SMILES string of the molecule is CCn1cccc1-c1nc(C)c(C(=O)Nc2ccc(C(C)C)cc2)s1. The summed E-state index contributed by atoms with van der Waals surface area (Å²) in [4.78, 5) is 17.9. The Morgan fingerprint density at radius 2 is 1.96 bits per heavy atom. The Balaban J connectivity index is 1.81. The van der Waals surface area contributed by atoms with Gasteiger partial charge in [-0.05, 0) is 49.6 Å². The lowest BCUT2D eigenvalue weighted by atomic mass is 10.0. The molecule has 3 aromatic rings. The number of carbonyl (C=O) groups excluding carboxylic acids is 1. The van der Waals surface area contributed by atoms with Gasteiger partial charge < -0.3 is 9.88 Å². The number of thiazole rings is 1. The highest BCUT2D eigenvalue weighted by Gasteiger charge is 2.18. The lowest BCUT2D eigenvalue weighted by Crippen LogP contribution is -2.11. The standard InChI is InChI=1S/C20H23N3OS/c1-5-23-12-6-7-17(23)20-21-14(4)18(25-20)19(24)22-16-10-8-15(9-11-16)13(2)3/h6-13H,5H2,1-4H3,(H,22,24). The summed E-state index contributed by atoms with van der Waals surface area (Å²) in [6.07, 6.45) is 2.03. The maximum Gasteiger partial charge on any atom is 0.267 e. The summed E-state index contributed by atoms with van der Waals surface area (Å²) < 4.78 is 2.13. The van der Waals surface area contributed by atoms with E-state index in [1.807, 2.05) is 37.4 Å². The molecule has 0 atom stereocenters. The van der Waals surface area contributed by atoms with Crippen LogP contribution in [0, 0.1) is 6.92 Å². The summed E-state index contributed by atoms with van der Waals surface area (Å²) in [5.74, 6) is 0.374. The molecular weight excluding hydrogens is 330 g/mol. The van der Waals surface area contributed by atoms with Crippen molar-refractivity contribution in [2.24, 2.45) is 0 Å². The predicted octanol–water partition coefficient (Wildman–Crippen LogP) is 5.32. The van der Waals surface area contributed by atoms with Crippen LogP contribution in [0.4, 0.5) is 5.69 Å². The van der Waals surface area contributed by atoms with Gasteiger partial charge in [0.05, 0.1) is 11.4 Å². The van der Waals surface area contributed by atoms with Gasteiger partial charge in [0, 0.05) is 18.4 Å². The Morgan fingerprint density at radius 1 is 1.24 bits per heavy atom. The number of amides is 1. The molecule has 2 aromatic heterocycles. The number of benzene rings is 1. The van der Waals surface area contributed by atoms with Crippen LogP contribution in [-0.2, 0) is 6.54 Å². The van der Waals surface area contributed by atoms with Crippen LogP contribution in [0.25, 0.3) is 10.7 Å². The molecular formula is C20H23N3OS. The monoisotopic (exact) mass is 353 g/mol. The van der Waals surface area contributed by atoms with Gasteiger partial charge in [0.2, 0.25) is 0 Å². The topological polar surface area (TPSA) is 46.9 Å². The molecule has 1 aromatic carbocycles. The number of aryl methyl sites for hydroxylation is 2.